The molecule has 0 bridgehead atoms. The van der Waals surface area contributed by atoms with E-state index in [-0.39, 0.29) is 10.2 Å². The van der Waals surface area contributed by atoms with Crippen LogP contribution in [0, 0.1) is 0 Å². The minimum atomic E-state index is -3.32. The summed E-state index contributed by atoms with van der Waals surface area (Å²) in [5.74, 6) is -3.22. The molecule has 0 aliphatic heterocycles. The summed E-state index contributed by atoms with van der Waals surface area (Å²) in [4.78, 5) is 0. The molecule has 0 rings (SSSR count). The monoisotopic (exact) mass is 218 g/mol. The maximum Gasteiger partial charge on any atom is 0.319 e. The molecule has 0 aromatic heterocycles. The van der Waals surface area contributed by atoms with Crippen molar-refractivity contribution < 1.29 is 27.4 Å². The quantitative estimate of drug-likeness (QED) is 0.475. The Kier molecular flexibility index (Phi) is 4.37. The maximum atomic E-state index is 13.5. The number of hydrogen-bond donors (Lipinski definition) is 0. The Balaban J connectivity index is 4.91. The lowest BCUT2D eigenvalue weighted by atomic mass is 10.3. The van der Waals surface area contributed by atoms with Gasteiger partial charge in [-0.15, -0.1) is 0 Å². The van der Waals surface area contributed by atoms with Gasteiger partial charge in [-0.1, -0.05) is 0 Å². The Morgan fingerprint density at radius 3 is 1.54 bits per heavy atom. The van der Waals surface area contributed by atoms with Crippen molar-refractivity contribution in [2.24, 2.45) is 0 Å². The van der Waals surface area contributed by atoms with Crippen molar-refractivity contribution >= 4 is 10.2 Å². The average Bonchev–Trinajstić information content (AvgIpc) is 2.14. The van der Waals surface area contributed by atoms with Gasteiger partial charge in [-0.2, -0.15) is 4.39 Å². The highest BCUT2D eigenvalue weighted by atomic mass is 28.1. The number of rotatable bonds is 5. The van der Waals surface area contributed by atoms with Crippen LogP contribution in [0.15, 0.2) is 0 Å². The number of hydrogen-bond acceptors (Lipinski definition) is 3. The lowest BCUT2D eigenvalue weighted by Crippen LogP contribution is -2.60. The minimum Gasteiger partial charge on any atom is -0.352 e. The van der Waals surface area contributed by atoms with Crippen LogP contribution in [0.25, 0.3) is 0 Å². The van der Waals surface area contributed by atoms with Gasteiger partial charge in [0.05, 0.1) is 10.2 Å². The molecule has 1 unspecified atom stereocenters. The van der Waals surface area contributed by atoms with Crippen molar-refractivity contribution in [2.45, 2.75) is 17.7 Å². The van der Waals surface area contributed by atoms with Crippen molar-refractivity contribution in [1.29, 1.82) is 0 Å². The van der Waals surface area contributed by atoms with E-state index in [0.29, 0.717) is 0 Å². The van der Waals surface area contributed by atoms with E-state index in [2.05, 4.69) is 14.2 Å². The van der Waals surface area contributed by atoms with Gasteiger partial charge in [-0.3, -0.25) is 0 Å². The Bertz CT molecular complexity index is 165. The Labute approximate surface area is 77.6 Å². The second-order valence-electron chi connectivity index (χ2n) is 2.50. The predicted molar refractivity (Wildman–Crippen MR) is 43.5 cm³/mol. The molecule has 0 aliphatic rings. The van der Waals surface area contributed by atoms with Gasteiger partial charge >= 0.3 is 12.3 Å². The van der Waals surface area contributed by atoms with E-state index in [0.717, 1.165) is 21.3 Å². The predicted octanol–water partition coefficient (Wildman–Crippen LogP) is -0.124. The second kappa shape index (κ2) is 4.40. The molecular formula is C6H13F3O3Si. The third kappa shape index (κ3) is 2.04. The first-order valence-corrected chi connectivity index (χ1v) is 4.50. The Hall–Kier alpha value is -0.113. The Morgan fingerprint density at radius 2 is 1.46 bits per heavy atom. The molecule has 0 aromatic carbocycles. The first-order chi connectivity index (χ1) is 5.88. The van der Waals surface area contributed by atoms with Gasteiger partial charge in [-0.05, 0) is 0 Å². The maximum absolute atomic E-state index is 13.5. The molecule has 7 heteroatoms. The van der Waals surface area contributed by atoms with E-state index in [9.17, 15) is 13.2 Å². The standard InChI is InChI=1S/C6H13F3O3Si/c1-10-5(9,4(7)8)6(13,11-2)12-3/h4H,1-3,13H3. The summed E-state index contributed by atoms with van der Waals surface area (Å²) in [6.45, 7) is 0. The van der Waals surface area contributed by atoms with Gasteiger partial charge < -0.3 is 14.2 Å². The summed E-state index contributed by atoms with van der Waals surface area (Å²) in [6, 6.07) is 0. The molecule has 0 aromatic rings. The topological polar surface area (TPSA) is 27.7 Å². The van der Waals surface area contributed by atoms with Crippen LogP contribution in [-0.2, 0) is 14.2 Å². The first kappa shape index (κ1) is 12.9. The van der Waals surface area contributed by atoms with Gasteiger partial charge in [0, 0.05) is 21.3 Å². The summed E-state index contributed by atoms with van der Waals surface area (Å²) in [5, 5.41) is 0. The summed E-state index contributed by atoms with van der Waals surface area (Å²) in [6.07, 6.45) is -3.32. The zero-order valence-corrected chi connectivity index (χ0v) is 9.94. The lowest BCUT2D eigenvalue weighted by molar-refractivity contribution is -0.345. The third-order valence-corrected chi connectivity index (χ3v) is 3.47. The van der Waals surface area contributed by atoms with E-state index >= 15 is 0 Å². The first-order valence-electron chi connectivity index (χ1n) is 3.50. The lowest BCUT2D eigenvalue weighted by Gasteiger charge is -2.38. The zero-order chi connectivity index (χ0) is 10.7. The molecule has 0 fully saturated rings. The summed E-state index contributed by atoms with van der Waals surface area (Å²) in [5.41, 5.74) is -1.99. The molecule has 0 heterocycles. The molecular weight excluding hydrogens is 205 g/mol. The van der Waals surface area contributed by atoms with Crippen molar-refractivity contribution in [3.8, 4) is 0 Å². The van der Waals surface area contributed by atoms with Crippen LogP contribution in [0.2, 0.25) is 0 Å². The van der Waals surface area contributed by atoms with Crippen molar-refractivity contribution in [3.63, 3.8) is 0 Å². The molecule has 0 spiro atoms. The van der Waals surface area contributed by atoms with E-state index in [1.54, 1.807) is 0 Å². The third-order valence-electron chi connectivity index (χ3n) is 1.98. The molecule has 0 saturated heterocycles. The van der Waals surface area contributed by atoms with Gasteiger partial charge in [0.25, 0.3) is 0 Å². The molecule has 0 amide bonds. The van der Waals surface area contributed by atoms with Crippen LogP contribution in [0.1, 0.15) is 0 Å². The largest absolute Gasteiger partial charge is 0.352 e. The number of methoxy groups -OCH3 is 3. The summed E-state index contributed by atoms with van der Waals surface area (Å²) in [7, 11) is 2.93. The molecule has 3 nitrogen and oxygen atoms in total. The van der Waals surface area contributed by atoms with Crippen molar-refractivity contribution in [2.75, 3.05) is 21.3 Å². The van der Waals surface area contributed by atoms with Crippen LogP contribution in [0.4, 0.5) is 13.2 Å². The Morgan fingerprint density at radius 1 is 1.08 bits per heavy atom. The van der Waals surface area contributed by atoms with Gasteiger partial charge in [0.1, 0.15) is 0 Å². The van der Waals surface area contributed by atoms with E-state index in [1.807, 2.05) is 0 Å². The normalized spacial score (nSPS) is 17.8. The van der Waals surface area contributed by atoms with E-state index in [1.165, 1.54) is 0 Å². The summed E-state index contributed by atoms with van der Waals surface area (Å²) < 4.78 is 51.4. The van der Waals surface area contributed by atoms with Gasteiger partial charge in [0.15, 0.2) is 0 Å². The van der Waals surface area contributed by atoms with Crippen LogP contribution in [-0.4, -0.2) is 49.3 Å². The molecule has 1 atom stereocenters. The molecule has 80 valence electrons. The number of alkyl halides is 3. The fourth-order valence-corrected chi connectivity index (χ4v) is 1.26. The molecule has 13 heavy (non-hydrogen) atoms. The average molecular weight is 218 g/mol. The van der Waals surface area contributed by atoms with Gasteiger partial charge in [0.2, 0.25) is 5.41 Å². The van der Waals surface area contributed by atoms with E-state index in [4.69, 9.17) is 0 Å². The van der Waals surface area contributed by atoms with Gasteiger partial charge in [-0.25, -0.2) is 8.78 Å². The van der Waals surface area contributed by atoms with Crippen LogP contribution < -0.4 is 0 Å². The van der Waals surface area contributed by atoms with Crippen LogP contribution in [0.3, 0.4) is 0 Å². The summed E-state index contributed by atoms with van der Waals surface area (Å²) >= 11 is 0. The van der Waals surface area contributed by atoms with Crippen molar-refractivity contribution in [3.05, 3.63) is 0 Å². The number of halogens is 3. The fraction of sp³-hybridized carbons (Fsp3) is 1.00. The smallest absolute Gasteiger partial charge is 0.319 e. The fourth-order valence-electron chi connectivity index (χ4n) is 0.834. The highest BCUT2D eigenvalue weighted by Crippen LogP contribution is 2.34. The minimum absolute atomic E-state index is 0.0895. The molecule has 0 saturated carbocycles. The second-order valence-corrected chi connectivity index (χ2v) is 3.82. The highest BCUT2D eigenvalue weighted by molar-refractivity contribution is 6.14. The highest BCUT2D eigenvalue weighted by Gasteiger charge is 2.58. The van der Waals surface area contributed by atoms with E-state index < -0.39 is 17.7 Å². The number of ether oxygens (including phenoxy) is 3. The molecule has 0 N–H and O–H groups in total. The molecule has 0 radical (unpaired) electrons. The molecule has 0 aliphatic carbocycles. The van der Waals surface area contributed by atoms with Crippen LogP contribution >= 0.6 is 0 Å². The van der Waals surface area contributed by atoms with Crippen LogP contribution in [0.5, 0.6) is 0 Å². The SMILES string of the molecule is COC([SiH3])(OC)C(F)(OC)C(F)F. The zero-order valence-electron chi connectivity index (χ0n) is 7.94. The van der Waals surface area contributed by atoms with Crippen molar-refractivity contribution in [1.82, 2.24) is 0 Å².